The number of nitrogens with zero attached hydrogens (tertiary/aromatic N) is 2. The van der Waals surface area contributed by atoms with Gasteiger partial charge in [-0.1, -0.05) is 6.08 Å². The van der Waals surface area contributed by atoms with E-state index in [0.717, 1.165) is 13.0 Å². The Morgan fingerprint density at radius 2 is 2.54 bits per heavy atom. The molecule has 0 amide bonds. The number of anilines is 1. The van der Waals surface area contributed by atoms with Crippen LogP contribution in [-0.2, 0) is 0 Å². The Hall–Kier alpha value is -1.82. The monoisotopic (exact) mass is 173 g/mol. The summed E-state index contributed by atoms with van der Waals surface area (Å²) in [6.07, 6.45) is 4.35. The quantitative estimate of drug-likeness (QED) is 0.559. The van der Waals surface area contributed by atoms with E-state index in [0.29, 0.717) is 11.4 Å². The van der Waals surface area contributed by atoms with Crippen LogP contribution >= 0.6 is 0 Å². The standard InChI is InChI=1S/C10H11N3/c1-2-3-6-12-10-9(8-11)5-4-7-13-10/h2,4-5,7H,1,3,6H2,(H,12,13). The molecule has 0 aliphatic rings. The van der Waals surface area contributed by atoms with Crippen LogP contribution in [0.3, 0.4) is 0 Å². The third-order valence-electron chi connectivity index (χ3n) is 1.57. The van der Waals surface area contributed by atoms with Crippen LogP contribution in [0, 0.1) is 11.3 Å². The smallest absolute Gasteiger partial charge is 0.143 e. The molecule has 0 aromatic carbocycles. The first-order valence-electron chi connectivity index (χ1n) is 4.08. The number of nitrogens with one attached hydrogen (secondary N) is 1. The van der Waals surface area contributed by atoms with Gasteiger partial charge in [0, 0.05) is 12.7 Å². The van der Waals surface area contributed by atoms with E-state index < -0.39 is 0 Å². The zero-order valence-corrected chi connectivity index (χ0v) is 7.33. The number of aromatic nitrogens is 1. The van der Waals surface area contributed by atoms with Crippen molar-refractivity contribution < 1.29 is 0 Å². The lowest BCUT2D eigenvalue weighted by Gasteiger charge is -2.03. The van der Waals surface area contributed by atoms with E-state index in [2.05, 4.69) is 22.9 Å². The summed E-state index contributed by atoms with van der Waals surface area (Å²) in [6.45, 7) is 4.37. The van der Waals surface area contributed by atoms with Gasteiger partial charge >= 0.3 is 0 Å². The van der Waals surface area contributed by atoms with Crippen LogP contribution in [0.15, 0.2) is 31.0 Å². The summed E-state index contributed by atoms with van der Waals surface area (Å²) in [7, 11) is 0. The van der Waals surface area contributed by atoms with E-state index in [9.17, 15) is 0 Å². The van der Waals surface area contributed by atoms with Crippen LogP contribution < -0.4 is 5.32 Å². The molecule has 0 spiro atoms. The van der Waals surface area contributed by atoms with Crippen LogP contribution in [0.25, 0.3) is 0 Å². The van der Waals surface area contributed by atoms with Crippen molar-refractivity contribution in [2.75, 3.05) is 11.9 Å². The largest absolute Gasteiger partial charge is 0.369 e. The van der Waals surface area contributed by atoms with Gasteiger partial charge in [0.2, 0.25) is 0 Å². The van der Waals surface area contributed by atoms with Crippen molar-refractivity contribution in [3.8, 4) is 6.07 Å². The number of hydrogen-bond donors (Lipinski definition) is 1. The lowest BCUT2D eigenvalue weighted by Crippen LogP contribution is -2.03. The molecule has 0 aliphatic carbocycles. The predicted molar refractivity (Wildman–Crippen MR) is 52.3 cm³/mol. The second kappa shape index (κ2) is 4.94. The molecule has 0 saturated heterocycles. The van der Waals surface area contributed by atoms with Gasteiger partial charge in [-0.25, -0.2) is 4.98 Å². The highest BCUT2D eigenvalue weighted by atomic mass is 15.0. The normalized spacial score (nSPS) is 8.85. The summed E-state index contributed by atoms with van der Waals surface area (Å²) in [5, 5.41) is 11.8. The minimum atomic E-state index is 0.576. The molecule has 66 valence electrons. The lowest BCUT2D eigenvalue weighted by atomic mass is 10.3. The maximum absolute atomic E-state index is 8.72. The lowest BCUT2D eigenvalue weighted by molar-refractivity contribution is 1.05. The van der Waals surface area contributed by atoms with Crippen LogP contribution in [-0.4, -0.2) is 11.5 Å². The first-order valence-corrected chi connectivity index (χ1v) is 4.08. The maximum atomic E-state index is 8.72. The third kappa shape index (κ3) is 2.60. The molecule has 0 radical (unpaired) electrons. The average Bonchev–Trinajstić information content (AvgIpc) is 2.19. The Labute approximate surface area is 77.7 Å². The minimum absolute atomic E-state index is 0.576. The van der Waals surface area contributed by atoms with Crippen LogP contribution in [0.5, 0.6) is 0 Å². The van der Waals surface area contributed by atoms with E-state index >= 15 is 0 Å². The SMILES string of the molecule is C=CCCNc1ncccc1C#N. The molecular formula is C10H11N3. The van der Waals surface area contributed by atoms with Gasteiger partial charge in [-0.05, 0) is 18.6 Å². The number of nitriles is 1. The van der Waals surface area contributed by atoms with Crippen molar-refractivity contribution in [3.63, 3.8) is 0 Å². The summed E-state index contributed by atoms with van der Waals surface area (Å²) in [4.78, 5) is 4.05. The number of hydrogen-bond acceptors (Lipinski definition) is 3. The molecule has 0 fully saturated rings. The minimum Gasteiger partial charge on any atom is -0.369 e. The van der Waals surface area contributed by atoms with Crippen molar-refractivity contribution in [1.82, 2.24) is 4.98 Å². The first kappa shape index (κ1) is 9.27. The molecular weight excluding hydrogens is 162 g/mol. The fourth-order valence-electron chi connectivity index (χ4n) is 0.929. The van der Waals surface area contributed by atoms with Crippen LogP contribution in [0.4, 0.5) is 5.82 Å². The molecule has 1 aromatic rings. The molecule has 3 nitrogen and oxygen atoms in total. The molecule has 0 aliphatic heterocycles. The van der Waals surface area contributed by atoms with Gasteiger partial charge in [0.15, 0.2) is 0 Å². The number of pyridine rings is 1. The van der Waals surface area contributed by atoms with Gasteiger partial charge in [0.1, 0.15) is 11.9 Å². The molecule has 0 bridgehead atoms. The molecule has 3 heteroatoms. The fraction of sp³-hybridized carbons (Fsp3) is 0.200. The average molecular weight is 173 g/mol. The Kier molecular flexibility index (Phi) is 3.52. The Balaban J connectivity index is 2.65. The fourth-order valence-corrected chi connectivity index (χ4v) is 0.929. The molecule has 1 heterocycles. The maximum Gasteiger partial charge on any atom is 0.143 e. The first-order chi connectivity index (χ1) is 6.38. The molecule has 0 unspecified atom stereocenters. The predicted octanol–water partition coefficient (Wildman–Crippen LogP) is 1.94. The second-order valence-electron chi connectivity index (χ2n) is 2.52. The summed E-state index contributed by atoms with van der Waals surface area (Å²) < 4.78 is 0. The molecule has 1 aromatic heterocycles. The molecule has 1 N–H and O–H groups in total. The van der Waals surface area contributed by atoms with Crippen molar-refractivity contribution >= 4 is 5.82 Å². The van der Waals surface area contributed by atoms with Gasteiger partial charge in [-0.2, -0.15) is 5.26 Å². The van der Waals surface area contributed by atoms with Gasteiger partial charge in [0.05, 0.1) is 5.56 Å². The second-order valence-corrected chi connectivity index (χ2v) is 2.52. The Morgan fingerprint density at radius 3 is 3.23 bits per heavy atom. The van der Waals surface area contributed by atoms with Crippen molar-refractivity contribution in [1.29, 1.82) is 5.26 Å². The van der Waals surface area contributed by atoms with Gasteiger partial charge in [-0.3, -0.25) is 0 Å². The molecule has 0 saturated carbocycles. The summed E-state index contributed by atoms with van der Waals surface area (Å²) in [6, 6.07) is 5.56. The van der Waals surface area contributed by atoms with Crippen LogP contribution in [0.1, 0.15) is 12.0 Å². The van der Waals surface area contributed by atoms with Crippen LogP contribution in [0.2, 0.25) is 0 Å². The van der Waals surface area contributed by atoms with Crippen molar-refractivity contribution in [3.05, 3.63) is 36.5 Å². The van der Waals surface area contributed by atoms with Gasteiger partial charge < -0.3 is 5.32 Å². The highest BCUT2D eigenvalue weighted by molar-refractivity contribution is 5.51. The van der Waals surface area contributed by atoms with E-state index in [4.69, 9.17) is 5.26 Å². The van der Waals surface area contributed by atoms with E-state index in [-0.39, 0.29) is 0 Å². The Morgan fingerprint density at radius 1 is 1.69 bits per heavy atom. The molecule has 13 heavy (non-hydrogen) atoms. The van der Waals surface area contributed by atoms with Gasteiger partial charge in [0.25, 0.3) is 0 Å². The zero-order chi connectivity index (χ0) is 9.52. The Bertz CT molecular complexity index is 325. The highest BCUT2D eigenvalue weighted by Gasteiger charge is 1.99. The molecule has 0 atom stereocenters. The number of rotatable bonds is 4. The van der Waals surface area contributed by atoms with Crippen molar-refractivity contribution in [2.24, 2.45) is 0 Å². The third-order valence-corrected chi connectivity index (χ3v) is 1.57. The van der Waals surface area contributed by atoms with Crippen molar-refractivity contribution in [2.45, 2.75) is 6.42 Å². The van der Waals surface area contributed by atoms with E-state index in [1.54, 1.807) is 18.3 Å². The van der Waals surface area contributed by atoms with E-state index in [1.807, 2.05) is 6.08 Å². The summed E-state index contributed by atoms with van der Waals surface area (Å²) >= 11 is 0. The summed E-state index contributed by atoms with van der Waals surface area (Å²) in [5.41, 5.74) is 0.576. The zero-order valence-electron chi connectivity index (χ0n) is 7.33. The highest BCUT2D eigenvalue weighted by Crippen LogP contribution is 2.08. The topological polar surface area (TPSA) is 48.7 Å². The van der Waals surface area contributed by atoms with Gasteiger partial charge in [-0.15, -0.1) is 6.58 Å². The van der Waals surface area contributed by atoms with E-state index in [1.165, 1.54) is 0 Å². The summed E-state index contributed by atoms with van der Waals surface area (Å²) in [5.74, 6) is 0.645. The molecule has 1 rings (SSSR count).